The predicted molar refractivity (Wildman–Crippen MR) is 148 cm³/mol. The van der Waals surface area contributed by atoms with E-state index < -0.39 is 0 Å². The Balaban J connectivity index is 1.37. The zero-order chi connectivity index (χ0) is 25.6. The summed E-state index contributed by atoms with van der Waals surface area (Å²) in [4.78, 5) is 15.8. The van der Waals surface area contributed by atoms with E-state index in [0.717, 1.165) is 80.2 Å². The Labute approximate surface area is 218 Å². The Morgan fingerprint density at radius 1 is 1.14 bits per heavy atom. The molecule has 0 amide bonds. The standard InChI is InChI=1S/C30H36N6O/c1-21(31)14-15-32-17-22-10-12-23(13-11-22)19-36(20-29-34-26-7-3-4-8-27(26)35-29)28-9-5-6-24-16-25(37-2)18-33-30(24)28/h3-4,7-8,10-13,16,18,28,31-32H,5-6,9,14-15,17,19-20H2,1-2H3,(H,34,35). The summed E-state index contributed by atoms with van der Waals surface area (Å²) in [6.07, 6.45) is 5.87. The molecule has 0 radical (unpaired) electrons. The quantitative estimate of drug-likeness (QED) is 0.187. The fourth-order valence-corrected chi connectivity index (χ4v) is 5.14. The van der Waals surface area contributed by atoms with Crippen molar-refractivity contribution in [3.05, 3.63) is 89.0 Å². The smallest absolute Gasteiger partial charge is 0.137 e. The molecule has 1 aliphatic carbocycles. The molecule has 7 heteroatoms. The van der Waals surface area contributed by atoms with E-state index in [1.54, 1.807) is 7.11 Å². The number of rotatable bonds is 11. The molecule has 1 unspecified atom stereocenters. The van der Waals surface area contributed by atoms with Crippen LogP contribution in [0.1, 0.15) is 60.4 Å². The average molecular weight is 497 g/mol. The number of nitrogens with one attached hydrogen (secondary N) is 3. The molecule has 0 spiro atoms. The Morgan fingerprint density at radius 2 is 1.95 bits per heavy atom. The van der Waals surface area contributed by atoms with Crippen LogP contribution in [0.4, 0.5) is 0 Å². The molecule has 0 saturated heterocycles. The molecule has 0 saturated carbocycles. The second-order valence-corrected chi connectivity index (χ2v) is 9.96. The van der Waals surface area contributed by atoms with Gasteiger partial charge >= 0.3 is 0 Å². The first-order valence-corrected chi connectivity index (χ1v) is 13.1. The maximum absolute atomic E-state index is 7.57. The van der Waals surface area contributed by atoms with Crippen molar-refractivity contribution >= 4 is 16.7 Å². The number of methoxy groups -OCH3 is 1. The highest BCUT2D eigenvalue weighted by Gasteiger charge is 2.28. The third kappa shape index (κ3) is 6.24. The maximum Gasteiger partial charge on any atom is 0.137 e. The summed E-state index contributed by atoms with van der Waals surface area (Å²) < 4.78 is 5.45. The lowest BCUT2D eigenvalue weighted by atomic mass is 9.90. The summed E-state index contributed by atoms with van der Waals surface area (Å²) in [5.41, 5.74) is 7.75. The van der Waals surface area contributed by atoms with Crippen LogP contribution in [0.3, 0.4) is 0 Å². The summed E-state index contributed by atoms with van der Waals surface area (Å²) in [5.74, 6) is 1.80. The van der Waals surface area contributed by atoms with Crippen LogP contribution in [-0.4, -0.2) is 39.2 Å². The monoisotopic (exact) mass is 496 g/mol. The van der Waals surface area contributed by atoms with Gasteiger partial charge < -0.3 is 20.4 Å². The topological polar surface area (TPSA) is 89.9 Å². The van der Waals surface area contributed by atoms with Gasteiger partial charge in [0.15, 0.2) is 0 Å². The molecule has 4 aromatic rings. The van der Waals surface area contributed by atoms with Gasteiger partial charge in [-0.2, -0.15) is 0 Å². The zero-order valence-corrected chi connectivity index (χ0v) is 21.8. The summed E-state index contributed by atoms with van der Waals surface area (Å²) in [6.45, 7) is 5.04. The van der Waals surface area contributed by atoms with Crippen LogP contribution in [0, 0.1) is 5.41 Å². The third-order valence-electron chi connectivity index (χ3n) is 7.10. The first-order chi connectivity index (χ1) is 18.1. The van der Waals surface area contributed by atoms with E-state index in [2.05, 4.69) is 57.7 Å². The van der Waals surface area contributed by atoms with Crippen LogP contribution < -0.4 is 10.1 Å². The maximum atomic E-state index is 7.57. The highest BCUT2D eigenvalue weighted by atomic mass is 16.5. The summed E-state index contributed by atoms with van der Waals surface area (Å²) in [7, 11) is 1.70. The van der Waals surface area contributed by atoms with Gasteiger partial charge in [0.25, 0.3) is 0 Å². The predicted octanol–water partition coefficient (Wildman–Crippen LogP) is 5.57. The summed E-state index contributed by atoms with van der Waals surface area (Å²) in [6, 6.07) is 19.4. The zero-order valence-electron chi connectivity index (χ0n) is 21.8. The fourth-order valence-electron chi connectivity index (χ4n) is 5.14. The molecule has 192 valence electrons. The summed E-state index contributed by atoms with van der Waals surface area (Å²) >= 11 is 0. The molecule has 2 aromatic carbocycles. The number of para-hydroxylation sites is 2. The van der Waals surface area contributed by atoms with E-state index >= 15 is 0 Å². The van der Waals surface area contributed by atoms with Crippen LogP contribution in [0.2, 0.25) is 0 Å². The number of aromatic amines is 1. The number of aromatic nitrogens is 3. The normalized spacial score (nSPS) is 15.2. The molecule has 37 heavy (non-hydrogen) atoms. The number of hydrogen-bond acceptors (Lipinski definition) is 6. The van der Waals surface area contributed by atoms with E-state index in [0.29, 0.717) is 5.71 Å². The first kappa shape index (κ1) is 25.1. The van der Waals surface area contributed by atoms with Gasteiger partial charge in [-0.05, 0) is 67.5 Å². The van der Waals surface area contributed by atoms with Crippen LogP contribution in [0.25, 0.3) is 11.0 Å². The number of benzene rings is 2. The fraction of sp³-hybridized carbons (Fsp3) is 0.367. The number of fused-ring (bicyclic) bond motifs is 2. The van der Waals surface area contributed by atoms with E-state index in [-0.39, 0.29) is 6.04 Å². The van der Waals surface area contributed by atoms with Crippen molar-refractivity contribution in [2.75, 3.05) is 13.7 Å². The number of ether oxygens (including phenoxy) is 1. The molecular formula is C30H36N6O. The second kappa shape index (κ2) is 11.7. The van der Waals surface area contributed by atoms with E-state index in [4.69, 9.17) is 20.1 Å². The van der Waals surface area contributed by atoms with Gasteiger partial charge in [0.2, 0.25) is 0 Å². The molecule has 2 heterocycles. The number of pyridine rings is 1. The van der Waals surface area contributed by atoms with E-state index in [9.17, 15) is 0 Å². The van der Waals surface area contributed by atoms with Crippen molar-refractivity contribution in [1.29, 1.82) is 5.41 Å². The van der Waals surface area contributed by atoms with E-state index in [1.807, 2.05) is 25.3 Å². The molecule has 2 aromatic heterocycles. The number of nitrogens with zero attached hydrogens (tertiary/aromatic N) is 3. The summed E-state index contributed by atoms with van der Waals surface area (Å²) in [5, 5.41) is 11.0. The van der Waals surface area contributed by atoms with Gasteiger partial charge in [-0.25, -0.2) is 4.98 Å². The molecule has 3 N–H and O–H groups in total. The van der Waals surface area contributed by atoms with Gasteiger partial charge in [0.05, 0.1) is 42.6 Å². The van der Waals surface area contributed by atoms with Crippen molar-refractivity contribution in [2.24, 2.45) is 0 Å². The molecule has 5 rings (SSSR count). The van der Waals surface area contributed by atoms with Crippen LogP contribution >= 0.6 is 0 Å². The molecule has 0 aliphatic heterocycles. The van der Waals surface area contributed by atoms with Crippen molar-refractivity contribution in [1.82, 2.24) is 25.2 Å². The second-order valence-electron chi connectivity index (χ2n) is 9.96. The minimum Gasteiger partial charge on any atom is -0.495 e. The highest BCUT2D eigenvalue weighted by molar-refractivity contribution is 5.78. The Kier molecular flexibility index (Phi) is 7.92. The highest BCUT2D eigenvalue weighted by Crippen LogP contribution is 2.36. The lowest BCUT2D eigenvalue weighted by Gasteiger charge is -2.35. The third-order valence-corrected chi connectivity index (χ3v) is 7.10. The number of aryl methyl sites for hydroxylation is 1. The van der Waals surface area contributed by atoms with Crippen LogP contribution in [-0.2, 0) is 26.1 Å². The van der Waals surface area contributed by atoms with Crippen LogP contribution in [0.15, 0.2) is 60.8 Å². The molecular weight excluding hydrogens is 460 g/mol. The molecule has 1 atom stereocenters. The van der Waals surface area contributed by atoms with Crippen molar-refractivity contribution < 1.29 is 4.74 Å². The van der Waals surface area contributed by atoms with E-state index in [1.165, 1.54) is 16.7 Å². The lowest BCUT2D eigenvalue weighted by Crippen LogP contribution is -2.32. The average Bonchev–Trinajstić information content (AvgIpc) is 3.33. The van der Waals surface area contributed by atoms with Gasteiger partial charge in [-0.3, -0.25) is 9.88 Å². The van der Waals surface area contributed by atoms with Gasteiger partial charge in [0.1, 0.15) is 11.6 Å². The molecule has 1 aliphatic rings. The van der Waals surface area contributed by atoms with Crippen molar-refractivity contribution in [3.63, 3.8) is 0 Å². The number of H-pyrrole nitrogens is 1. The van der Waals surface area contributed by atoms with Gasteiger partial charge in [-0.1, -0.05) is 36.4 Å². The van der Waals surface area contributed by atoms with Crippen molar-refractivity contribution in [3.8, 4) is 5.75 Å². The Hall–Kier alpha value is -3.55. The van der Waals surface area contributed by atoms with Gasteiger partial charge in [0, 0.05) is 25.3 Å². The SMILES string of the molecule is COc1cnc2c(c1)CCCC2N(Cc1ccc(CNCCC(C)=N)cc1)Cc1nc2ccccc2[nH]1. The Bertz CT molecular complexity index is 1310. The number of imidazole rings is 1. The largest absolute Gasteiger partial charge is 0.495 e. The molecule has 7 nitrogen and oxygen atoms in total. The first-order valence-electron chi connectivity index (χ1n) is 13.1. The minimum absolute atomic E-state index is 0.216. The van der Waals surface area contributed by atoms with Crippen LogP contribution in [0.5, 0.6) is 5.75 Å². The van der Waals surface area contributed by atoms with Crippen molar-refractivity contribution in [2.45, 2.75) is 58.3 Å². The minimum atomic E-state index is 0.216. The lowest BCUT2D eigenvalue weighted by molar-refractivity contribution is 0.153. The number of hydrogen-bond donors (Lipinski definition) is 3. The molecule has 0 fully saturated rings. The van der Waals surface area contributed by atoms with Gasteiger partial charge in [-0.15, -0.1) is 0 Å². The Morgan fingerprint density at radius 3 is 2.73 bits per heavy atom. The molecule has 0 bridgehead atoms.